The second kappa shape index (κ2) is 4.65. The van der Waals surface area contributed by atoms with Gasteiger partial charge in [0.25, 0.3) is 0 Å². The van der Waals surface area contributed by atoms with Gasteiger partial charge in [-0.3, -0.25) is 4.90 Å². The van der Waals surface area contributed by atoms with Crippen molar-refractivity contribution in [1.82, 2.24) is 4.90 Å². The van der Waals surface area contributed by atoms with Gasteiger partial charge in [-0.05, 0) is 24.5 Å². The van der Waals surface area contributed by atoms with Crippen LogP contribution in [-0.2, 0) is 11.2 Å². The average molecular weight is 247 g/mol. The molecule has 18 heavy (non-hydrogen) atoms. The maximum atomic E-state index is 9.54. The zero-order valence-electron chi connectivity index (χ0n) is 10.9. The monoisotopic (exact) mass is 247 g/mol. The predicted octanol–water partition coefficient (Wildman–Crippen LogP) is 1.61. The maximum Gasteiger partial charge on any atom is 0.0579 e. The Morgan fingerprint density at radius 2 is 2.17 bits per heavy atom. The van der Waals surface area contributed by atoms with Crippen molar-refractivity contribution in [2.75, 3.05) is 32.9 Å². The number of benzene rings is 1. The molecule has 3 heteroatoms. The first kappa shape index (κ1) is 12.2. The fraction of sp³-hybridized carbons (Fsp3) is 0.600. The van der Waals surface area contributed by atoms with Crippen molar-refractivity contribution in [1.29, 1.82) is 0 Å². The fourth-order valence-corrected chi connectivity index (χ4v) is 3.09. The van der Waals surface area contributed by atoms with Crippen LogP contribution in [0.15, 0.2) is 24.3 Å². The van der Waals surface area contributed by atoms with Gasteiger partial charge in [0, 0.05) is 19.1 Å². The van der Waals surface area contributed by atoms with Crippen LogP contribution in [0.5, 0.6) is 0 Å². The molecular formula is C15H21NO2. The summed E-state index contributed by atoms with van der Waals surface area (Å²) in [6.07, 6.45) is 1.11. The zero-order valence-corrected chi connectivity index (χ0v) is 10.9. The van der Waals surface area contributed by atoms with Gasteiger partial charge in [-0.1, -0.05) is 24.3 Å². The Morgan fingerprint density at radius 3 is 2.83 bits per heavy atom. The van der Waals surface area contributed by atoms with Crippen LogP contribution in [0.1, 0.15) is 24.1 Å². The Bertz CT molecular complexity index is 423. The lowest BCUT2D eigenvalue weighted by molar-refractivity contribution is -0.151. The molecule has 2 aliphatic heterocycles. The third kappa shape index (κ3) is 1.96. The minimum atomic E-state index is -0.0133. The maximum absolute atomic E-state index is 9.54. The molecule has 3 nitrogen and oxygen atoms in total. The number of rotatable bonds is 3. The fourth-order valence-electron chi connectivity index (χ4n) is 3.09. The summed E-state index contributed by atoms with van der Waals surface area (Å²) in [6, 6.07) is 9.15. The highest BCUT2D eigenvalue weighted by atomic mass is 16.5. The summed E-state index contributed by atoms with van der Waals surface area (Å²) in [5.41, 5.74) is 2.90. The molecule has 3 rings (SSSR count). The molecule has 2 aliphatic rings. The van der Waals surface area contributed by atoms with Gasteiger partial charge in [0.1, 0.15) is 0 Å². The number of nitrogens with zero attached hydrogens (tertiary/aromatic N) is 1. The van der Waals surface area contributed by atoms with Crippen molar-refractivity contribution >= 4 is 0 Å². The second-order valence-corrected chi connectivity index (χ2v) is 5.75. The minimum Gasteiger partial charge on any atom is -0.396 e. The van der Waals surface area contributed by atoms with Gasteiger partial charge >= 0.3 is 0 Å². The SMILES string of the molecule is CC1c2ccccc2CCN1CC1(CO)COC1. The smallest absolute Gasteiger partial charge is 0.0579 e. The largest absolute Gasteiger partial charge is 0.396 e. The van der Waals surface area contributed by atoms with Crippen LogP contribution in [-0.4, -0.2) is 42.9 Å². The lowest BCUT2D eigenvalue weighted by Crippen LogP contribution is -2.54. The van der Waals surface area contributed by atoms with E-state index >= 15 is 0 Å². The summed E-state index contributed by atoms with van der Waals surface area (Å²) in [5.74, 6) is 0. The first-order valence-corrected chi connectivity index (χ1v) is 6.75. The molecule has 0 saturated carbocycles. The van der Waals surface area contributed by atoms with Crippen LogP contribution in [0.3, 0.4) is 0 Å². The van der Waals surface area contributed by atoms with E-state index < -0.39 is 0 Å². The Balaban J connectivity index is 1.76. The molecule has 0 aliphatic carbocycles. The molecular weight excluding hydrogens is 226 g/mol. The Morgan fingerprint density at radius 1 is 1.39 bits per heavy atom. The molecule has 1 fully saturated rings. The van der Waals surface area contributed by atoms with Crippen LogP contribution < -0.4 is 0 Å². The molecule has 0 spiro atoms. The molecule has 1 saturated heterocycles. The first-order chi connectivity index (χ1) is 8.74. The van der Waals surface area contributed by atoms with E-state index in [1.807, 2.05) is 0 Å². The summed E-state index contributed by atoms with van der Waals surface area (Å²) in [4.78, 5) is 2.49. The topological polar surface area (TPSA) is 32.7 Å². The number of fused-ring (bicyclic) bond motifs is 1. The quantitative estimate of drug-likeness (QED) is 0.881. The van der Waals surface area contributed by atoms with Gasteiger partial charge in [-0.25, -0.2) is 0 Å². The summed E-state index contributed by atoms with van der Waals surface area (Å²) < 4.78 is 5.29. The van der Waals surface area contributed by atoms with Crippen LogP contribution in [0.4, 0.5) is 0 Å². The van der Waals surface area contributed by atoms with Gasteiger partial charge in [0.2, 0.25) is 0 Å². The molecule has 1 unspecified atom stereocenters. The molecule has 0 amide bonds. The Hall–Kier alpha value is -0.900. The van der Waals surface area contributed by atoms with Crippen molar-refractivity contribution in [3.8, 4) is 0 Å². The minimum absolute atomic E-state index is 0.0133. The third-order valence-corrected chi connectivity index (χ3v) is 4.41. The van der Waals surface area contributed by atoms with Crippen molar-refractivity contribution in [3.63, 3.8) is 0 Å². The number of aliphatic hydroxyl groups is 1. The van der Waals surface area contributed by atoms with E-state index in [0.717, 1.165) is 19.5 Å². The summed E-state index contributed by atoms with van der Waals surface area (Å²) >= 11 is 0. The van der Waals surface area contributed by atoms with Gasteiger partial charge in [-0.2, -0.15) is 0 Å². The van der Waals surface area contributed by atoms with Crippen molar-refractivity contribution in [3.05, 3.63) is 35.4 Å². The van der Waals surface area contributed by atoms with Crippen molar-refractivity contribution in [2.24, 2.45) is 5.41 Å². The summed E-state index contributed by atoms with van der Waals surface area (Å²) in [7, 11) is 0. The van der Waals surface area contributed by atoms with E-state index in [4.69, 9.17) is 4.74 Å². The van der Waals surface area contributed by atoms with Crippen molar-refractivity contribution < 1.29 is 9.84 Å². The highest BCUT2D eigenvalue weighted by molar-refractivity contribution is 5.32. The highest BCUT2D eigenvalue weighted by Gasteiger charge is 2.41. The molecule has 1 atom stereocenters. The molecule has 1 aromatic rings. The van der Waals surface area contributed by atoms with Gasteiger partial charge in [0.15, 0.2) is 0 Å². The van der Waals surface area contributed by atoms with Crippen LogP contribution in [0, 0.1) is 5.41 Å². The molecule has 1 N–H and O–H groups in total. The van der Waals surface area contributed by atoms with E-state index in [2.05, 4.69) is 36.1 Å². The molecule has 0 radical (unpaired) electrons. The Labute approximate surface area is 108 Å². The normalized spacial score (nSPS) is 26.4. The molecule has 1 aromatic carbocycles. The van der Waals surface area contributed by atoms with Gasteiger partial charge < -0.3 is 9.84 Å². The predicted molar refractivity (Wildman–Crippen MR) is 70.5 cm³/mol. The summed E-state index contributed by atoms with van der Waals surface area (Å²) in [6.45, 7) is 5.93. The van der Waals surface area contributed by atoms with E-state index in [9.17, 15) is 5.11 Å². The summed E-state index contributed by atoms with van der Waals surface area (Å²) in [5, 5.41) is 9.54. The lowest BCUT2D eigenvalue weighted by Gasteiger charge is -2.46. The van der Waals surface area contributed by atoms with E-state index in [1.165, 1.54) is 11.1 Å². The molecule has 0 bridgehead atoms. The van der Waals surface area contributed by atoms with Crippen LogP contribution >= 0.6 is 0 Å². The number of hydrogen-bond acceptors (Lipinski definition) is 3. The number of aliphatic hydroxyl groups excluding tert-OH is 1. The standard InChI is InChI=1S/C15H21NO2/c1-12-14-5-3-2-4-13(14)6-7-16(12)8-15(9-17)10-18-11-15/h2-5,12,17H,6-11H2,1H3. The second-order valence-electron chi connectivity index (χ2n) is 5.75. The highest BCUT2D eigenvalue weighted by Crippen LogP contribution is 2.34. The Kier molecular flexibility index (Phi) is 3.14. The van der Waals surface area contributed by atoms with Gasteiger partial charge in [-0.15, -0.1) is 0 Å². The van der Waals surface area contributed by atoms with E-state index in [0.29, 0.717) is 19.3 Å². The average Bonchev–Trinajstić information content (AvgIpc) is 2.37. The van der Waals surface area contributed by atoms with Crippen molar-refractivity contribution in [2.45, 2.75) is 19.4 Å². The zero-order chi connectivity index (χ0) is 12.6. The van der Waals surface area contributed by atoms with E-state index in [1.54, 1.807) is 0 Å². The lowest BCUT2D eigenvalue weighted by atomic mass is 9.84. The molecule has 2 heterocycles. The molecule has 0 aromatic heterocycles. The first-order valence-electron chi connectivity index (χ1n) is 6.75. The number of hydrogen-bond donors (Lipinski definition) is 1. The van der Waals surface area contributed by atoms with Crippen LogP contribution in [0.2, 0.25) is 0 Å². The van der Waals surface area contributed by atoms with Gasteiger partial charge in [0.05, 0.1) is 25.2 Å². The number of ether oxygens (including phenoxy) is 1. The third-order valence-electron chi connectivity index (χ3n) is 4.41. The van der Waals surface area contributed by atoms with E-state index in [-0.39, 0.29) is 12.0 Å². The molecule has 98 valence electrons. The van der Waals surface area contributed by atoms with Crippen LogP contribution in [0.25, 0.3) is 0 Å².